The summed E-state index contributed by atoms with van der Waals surface area (Å²) < 4.78 is 9.65. The quantitative estimate of drug-likeness (QED) is 0.628. The Morgan fingerprint density at radius 1 is 1.64 bits per heavy atom. The van der Waals surface area contributed by atoms with E-state index in [2.05, 4.69) is 4.74 Å². The van der Waals surface area contributed by atoms with E-state index in [1.54, 1.807) is 0 Å². The summed E-state index contributed by atoms with van der Waals surface area (Å²) in [6.45, 7) is 0.974. The van der Waals surface area contributed by atoms with E-state index < -0.39 is 12.1 Å². The third-order valence-corrected chi connectivity index (χ3v) is 2.30. The van der Waals surface area contributed by atoms with Gasteiger partial charge in [-0.2, -0.15) is 0 Å². The lowest BCUT2D eigenvalue weighted by atomic mass is 10.1. The molecule has 0 aromatic carbocycles. The molecule has 1 amide bonds. The number of halogens is 1. The summed E-state index contributed by atoms with van der Waals surface area (Å²) in [5.74, 6) is -0.349. The molecule has 1 aliphatic heterocycles. The molecule has 1 aliphatic rings. The first-order valence-corrected chi connectivity index (χ1v) is 4.75. The average molecular weight is 222 g/mol. The minimum atomic E-state index is -0.603. The highest BCUT2D eigenvalue weighted by Gasteiger charge is 2.32. The molecule has 14 heavy (non-hydrogen) atoms. The predicted molar refractivity (Wildman–Crippen MR) is 49.4 cm³/mol. The van der Waals surface area contributed by atoms with Gasteiger partial charge in [-0.15, -0.1) is 11.6 Å². The van der Waals surface area contributed by atoms with Crippen LogP contribution in [0.1, 0.15) is 0 Å². The van der Waals surface area contributed by atoms with Gasteiger partial charge in [0.2, 0.25) is 0 Å². The summed E-state index contributed by atoms with van der Waals surface area (Å²) in [7, 11) is 1.28. The summed E-state index contributed by atoms with van der Waals surface area (Å²) in [4.78, 5) is 23.9. The standard InChI is InChI=1S/C8H12ClNO4/c1-13-8(12)10-2-3-14-5-6(10)7(11)4-9/h6H,2-5H2,1H3. The largest absolute Gasteiger partial charge is 0.453 e. The number of rotatable bonds is 2. The number of nitrogens with zero attached hydrogens (tertiary/aromatic N) is 1. The van der Waals surface area contributed by atoms with Crippen LogP contribution in [0.3, 0.4) is 0 Å². The van der Waals surface area contributed by atoms with E-state index in [4.69, 9.17) is 16.3 Å². The maximum Gasteiger partial charge on any atom is 0.410 e. The Bertz CT molecular complexity index is 209. The molecule has 0 aromatic heterocycles. The van der Waals surface area contributed by atoms with Crippen LogP contribution in [0.25, 0.3) is 0 Å². The number of methoxy groups -OCH3 is 1. The van der Waals surface area contributed by atoms with Crippen LogP contribution in [-0.4, -0.2) is 55.6 Å². The highest BCUT2D eigenvalue weighted by molar-refractivity contribution is 6.28. The van der Waals surface area contributed by atoms with E-state index in [1.807, 2.05) is 0 Å². The number of Topliss-reactive ketones (excluding diaryl/α,β-unsaturated/α-hetero) is 1. The second-order valence-electron chi connectivity index (χ2n) is 2.85. The monoisotopic (exact) mass is 221 g/mol. The molecule has 1 fully saturated rings. The minimum Gasteiger partial charge on any atom is -0.453 e. The zero-order valence-electron chi connectivity index (χ0n) is 7.86. The van der Waals surface area contributed by atoms with Crippen molar-refractivity contribution in [3.63, 3.8) is 0 Å². The van der Waals surface area contributed by atoms with Crippen molar-refractivity contribution >= 4 is 23.5 Å². The first-order valence-electron chi connectivity index (χ1n) is 4.21. The van der Waals surface area contributed by atoms with Crippen molar-refractivity contribution in [3.8, 4) is 0 Å². The lowest BCUT2D eigenvalue weighted by Gasteiger charge is -2.32. The Morgan fingerprint density at radius 3 is 2.93 bits per heavy atom. The molecule has 0 N–H and O–H groups in total. The van der Waals surface area contributed by atoms with Crippen molar-refractivity contribution in [3.05, 3.63) is 0 Å². The zero-order valence-corrected chi connectivity index (χ0v) is 8.62. The average Bonchev–Trinajstić information content (AvgIpc) is 2.27. The Morgan fingerprint density at radius 2 is 2.36 bits per heavy atom. The minimum absolute atomic E-state index is 0.123. The molecule has 1 heterocycles. The van der Waals surface area contributed by atoms with Crippen LogP contribution in [0.5, 0.6) is 0 Å². The van der Waals surface area contributed by atoms with Crippen molar-refractivity contribution < 1.29 is 19.1 Å². The summed E-state index contributed by atoms with van der Waals surface area (Å²) in [6, 6.07) is -0.603. The molecule has 0 saturated carbocycles. The molecule has 0 bridgehead atoms. The van der Waals surface area contributed by atoms with E-state index in [9.17, 15) is 9.59 Å². The summed E-state index contributed by atoms with van der Waals surface area (Å²) in [5.41, 5.74) is 0. The number of morpholine rings is 1. The molecule has 6 heteroatoms. The predicted octanol–water partition coefficient (Wildman–Crippen LogP) is 0.261. The molecule has 1 unspecified atom stereocenters. The van der Waals surface area contributed by atoms with E-state index in [1.165, 1.54) is 12.0 Å². The summed E-state index contributed by atoms with van der Waals surface area (Å²) in [5, 5.41) is 0. The lowest BCUT2D eigenvalue weighted by Crippen LogP contribution is -2.53. The number of carbonyl (C=O) groups excluding carboxylic acids is 2. The van der Waals surface area contributed by atoms with E-state index >= 15 is 0 Å². The fourth-order valence-corrected chi connectivity index (χ4v) is 1.47. The number of ketones is 1. The fraction of sp³-hybridized carbons (Fsp3) is 0.750. The number of alkyl halides is 1. The normalized spacial score (nSPS) is 21.9. The Balaban J connectivity index is 2.68. The number of hydrogen-bond acceptors (Lipinski definition) is 4. The van der Waals surface area contributed by atoms with Crippen molar-refractivity contribution in [1.82, 2.24) is 4.90 Å². The molecule has 0 aromatic rings. The van der Waals surface area contributed by atoms with Crippen LogP contribution in [0.4, 0.5) is 4.79 Å². The molecule has 0 aliphatic carbocycles. The van der Waals surface area contributed by atoms with Gasteiger partial charge in [-0.3, -0.25) is 9.69 Å². The fourth-order valence-electron chi connectivity index (χ4n) is 1.30. The number of hydrogen-bond donors (Lipinski definition) is 0. The van der Waals surface area contributed by atoms with Crippen LogP contribution in [0.2, 0.25) is 0 Å². The molecule has 0 spiro atoms. The van der Waals surface area contributed by atoms with Crippen molar-refractivity contribution in [2.75, 3.05) is 32.7 Å². The molecular formula is C8H12ClNO4. The van der Waals surface area contributed by atoms with E-state index in [-0.39, 0.29) is 18.3 Å². The third-order valence-electron chi connectivity index (χ3n) is 2.04. The Kier molecular flexibility index (Phi) is 4.16. The Hall–Kier alpha value is -0.810. The lowest BCUT2D eigenvalue weighted by molar-refractivity contribution is -0.126. The van der Waals surface area contributed by atoms with Gasteiger partial charge in [-0.05, 0) is 0 Å². The van der Waals surface area contributed by atoms with Gasteiger partial charge in [-0.25, -0.2) is 4.79 Å². The SMILES string of the molecule is COC(=O)N1CCOCC1C(=O)CCl. The number of carbonyl (C=O) groups is 2. The van der Waals surface area contributed by atoms with E-state index in [0.717, 1.165) is 0 Å². The topological polar surface area (TPSA) is 55.8 Å². The van der Waals surface area contributed by atoms with Crippen molar-refractivity contribution in [1.29, 1.82) is 0 Å². The van der Waals surface area contributed by atoms with E-state index in [0.29, 0.717) is 13.2 Å². The highest BCUT2D eigenvalue weighted by atomic mass is 35.5. The van der Waals surface area contributed by atoms with Crippen LogP contribution < -0.4 is 0 Å². The molecule has 1 rings (SSSR count). The molecule has 5 nitrogen and oxygen atoms in total. The van der Waals surface area contributed by atoms with Crippen LogP contribution in [-0.2, 0) is 14.3 Å². The molecule has 1 atom stereocenters. The first kappa shape index (κ1) is 11.3. The third kappa shape index (κ3) is 2.36. The second kappa shape index (κ2) is 5.17. The summed E-state index contributed by atoms with van der Waals surface area (Å²) in [6.07, 6.45) is -0.517. The maximum atomic E-state index is 11.3. The van der Waals surface area contributed by atoms with Crippen molar-refractivity contribution in [2.24, 2.45) is 0 Å². The maximum absolute atomic E-state index is 11.3. The van der Waals surface area contributed by atoms with Gasteiger partial charge in [0.25, 0.3) is 0 Å². The van der Waals surface area contributed by atoms with Gasteiger partial charge in [0.1, 0.15) is 6.04 Å². The van der Waals surface area contributed by atoms with Crippen LogP contribution in [0, 0.1) is 0 Å². The van der Waals surface area contributed by atoms with Gasteiger partial charge in [0.05, 0.1) is 26.2 Å². The second-order valence-corrected chi connectivity index (χ2v) is 3.12. The van der Waals surface area contributed by atoms with Gasteiger partial charge < -0.3 is 9.47 Å². The first-order chi connectivity index (χ1) is 6.70. The van der Waals surface area contributed by atoms with Crippen LogP contribution in [0.15, 0.2) is 0 Å². The smallest absolute Gasteiger partial charge is 0.410 e. The molecule has 0 radical (unpaired) electrons. The zero-order chi connectivity index (χ0) is 10.6. The number of ether oxygens (including phenoxy) is 2. The van der Waals surface area contributed by atoms with Gasteiger partial charge in [0, 0.05) is 6.54 Å². The number of amides is 1. The van der Waals surface area contributed by atoms with Gasteiger partial charge in [0.15, 0.2) is 5.78 Å². The van der Waals surface area contributed by atoms with Gasteiger partial charge >= 0.3 is 6.09 Å². The molecule has 1 saturated heterocycles. The molecular weight excluding hydrogens is 210 g/mol. The highest BCUT2D eigenvalue weighted by Crippen LogP contribution is 2.10. The van der Waals surface area contributed by atoms with Gasteiger partial charge in [-0.1, -0.05) is 0 Å². The summed E-state index contributed by atoms with van der Waals surface area (Å²) >= 11 is 5.41. The van der Waals surface area contributed by atoms with Crippen molar-refractivity contribution in [2.45, 2.75) is 6.04 Å². The molecule has 80 valence electrons. The van der Waals surface area contributed by atoms with Crippen LogP contribution >= 0.6 is 11.6 Å². The Labute approximate surface area is 86.9 Å².